The topological polar surface area (TPSA) is 69.7 Å². The van der Waals surface area contributed by atoms with Crippen LogP contribution in [0.1, 0.15) is 25.0 Å². The van der Waals surface area contributed by atoms with Crippen LogP contribution < -0.4 is 5.32 Å². The molecule has 2 N–H and O–H groups in total. The Morgan fingerprint density at radius 2 is 2.13 bits per heavy atom. The molecule has 1 aliphatic heterocycles. The first kappa shape index (κ1) is 14.1. The van der Waals surface area contributed by atoms with Gasteiger partial charge in [0.05, 0.1) is 11.6 Å². The van der Waals surface area contributed by atoms with Gasteiger partial charge >= 0.3 is 0 Å². The van der Waals surface area contributed by atoms with Gasteiger partial charge in [0.15, 0.2) is 5.65 Å². The molecule has 0 fully saturated rings. The number of nitrogens with one attached hydrogen (secondary N) is 2. The second-order valence-electron chi connectivity index (χ2n) is 6.92. The van der Waals surface area contributed by atoms with Gasteiger partial charge in [-0.25, -0.2) is 4.98 Å². The van der Waals surface area contributed by atoms with Gasteiger partial charge in [0.2, 0.25) is 5.95 Å². The zero-order valence-electron chi connectivity index (χ0n) is 13.6. The van der Waals surface area contributed by atoms with Crippen LogP contribution in [0.25, 0.3) is 11.0 Å². The summed E-state index contributed by atoms with van der Waals surface area (Å²) in [6, 6.07) is 6.53. The van der Waals surface area contributed by atoms with Crippen molar-refractivity contribution in [3.8, 4) is 0 Å². The van der Waals surface area contributed by atoms with Crippen LogP contribution in [0.15, 0.2) is 30.6 Å². The van der Waals surface area contributed by atoms with E-state index in [-0.39, 0.29) is 5.41 Å². The molecule has 23 heavy (non-hydrogen) atoms. The Hall–Kier alpha value is -2.47. The number of anilines is 2. The molecule has 0 saturated carbocycles. The smallest absolute Gasteiger partial charge is 0.229 e. The molecule has 3 aromatic rings. The predicted octanol–water partition coefficient (Wildman–Crippen LogP) is 2.82. The summed E-state index contributed by atoms with van der Waals surface area (Å²) in [5.74, 6) is 0.574. The van der Waals surface area contributed by atoms with E-state index in [1.807, 2.05) is 0 Å². The number of hydrogen-bond acceptors (Lipinski definition) is 5. The van der Waals surface area contributed by atoms with Crippen LogP contribution in [0.4, 0.5) is 11.6 Å². The largest absolute Gasteiger partial charge is 0.324 e. The molecular weight excluding hydrogens is 288 g/mol. The number of H-pyrrole nitrogens is 1. The minimum atomic E-state index is 0.173. The van der Waals surface area contributed by atoms with Gasteiger partial charge in [-0.05, 0) is 30.3 Å². The molecule has 118 valence electrons. The van der Waals surface area contributed by atoms with Crippen molar-refractivity contribution >= 4 is 22.7 Å². The lowest BCUT2D eigenvalue weighted by molar-refractivity contribution is 0.236. The quantitative estimate of drug-likeness (QED) is 0.762. The Labute approximate surface area is 135 Å². The molecule has 4 rings (SSSR count). The second kappa shape index (κ2) is 5.03. The number of aromatic nitrogens is 4. The number of hydrogen-bond donors (Lipinski definition) is 2. The highest BCUT2D eigenvalue weighted by Gasteiger charge is 2.30. The maximum Gasteiger partial charge on any atom is 0.229 e. The molecule has 0 saturated heterocycles. The maximum absolute atomic E-state index is 4.44. The van der Waals surface area contributed by atoms with E-state index in [0.29, 0.717) is 5.95 Å². The number of fused-ring (bicyclic) bond motifs is 2. The average molecular weight is 308 g/mol. The molecule has 1 aliphatic rings. The number of rotatable bonds is 2. The zero-order chi connectivity index (χ0) is 16.0. The van der Waals surface area contributed by atoms with Crippen LogP contribution in [0.2, 0.25) is 0 Å². The first-order chi connectivity index (χ1) is 11.0. The number of likely N-dealkylation sites (N-methyl/N-ethyl adjacent to an activating group) is 1. The summed E-state index contributed by atoms with van der Waals surface area (Å²) in [5, 5.41) is 11.0. The first-order valence-corrected chi connectivity index (χ1v) is 7.76. The van der Waals surface area contributed by atoms with Crippen molar-refractivity contribution in [3.05, 3.63) is 41.7 Å². The SMILES string of the molecule is CN1Cc2cc(Nc3ncc4cn[nH]c4n3)ccc2C(C)(C)C1. The predicted molar refractivity (Wildman–Crippen MR) is 90.8 cm³/mol. The van der Waals surface area contributed by atoms with Gasteiger partial charge in [0, 0.05) is 30.4 Å². The Morgan fingerprint density at radius 1 is 1.26 bits per heavy atom. The van der Waals surface area contributed by atoms with Crippen molar-refractivity contribution in [2.24, 2.45) is 0 Å². The minimum absolute atomic E-state index is 0.173. The van der Waals surface area contributed by atoms with E-state index in [1.165, 1.54) is 11.1 Å². The fourth-order valence-electron chi connectivity index (χ4n) is 3.50. The Bertz CT molecular complexity index is 866. The highest BCUT2D eigenvalue weighted by molar-refractivity contribution is 5.74. The highest BCUT2D eigenvalue weighted by atomic mass is 15.2. The lowest BCUT2D eigenvalue weighted by Gasteiger charge is -2.38. The van der Waals surface area contributed by atoms with E-state index in [4.69, 9.17) is 0 Å². The van der Waals surface area contributed by atoms with E-state index in [0.717, 1.165) is 29.8 Å². The number of nitrogens with zero attached hydrogens (tertiary/aromatic N) is 4. The average Bonchev–Trinajstić information content (AvgIpc) is 2.93. The van der Waals surface area contributed by atoms with Crippen molar-refractivity contribution in [2.75, 3.05) is 18.9 Å². The monoisotopic (exact) mass is 308 g/mol. The molecule has 1 aromatic carbocycles. The molecular formula is C17H20N6. The van der Waals surface area contributed by atoms with Gasteiger partial charge in [0.25, 0.3) is 0 Å². The third kappa shape index (κ3) is 2.55. The molecule has 0 radical (unpaired) electrons. The fraction of sp³-hybridized carbons (Fsp3) is 0.353. The van der Waals surface area contributed by atoms with Crippen LogP contribution >= 0.6 is 0 Å². The van der Waals surface area contributed by atoms with Crippen molar-refractivity contribution in [1.82, 2.24) is 25.1 Å². The van der Waals surface area contributed by atoms with E-state index >= 15 is 0 Å². The molecule has 6 nitrogen and oxygen atoms in total. The lowest BCUT2D eigenvalue weighted by Crippen LogP contribution is -2.39. The highest BCUT2D eigenvalue weighted by Crippen LogP contribution is 2.34. The van der Waals surface area contributed by atoms with Crippen LogP contribution in [0.5, 0.6) is 0 Å². The van der Waals surface area contributed by atoms with Crippen molar-refractivity contribution in [2.45, 2.75) is 25.8 Å². The van der Waals surface area contributed by atoms with Crippen LogP contribution in [0.3, 0.4) is 0 Å². The van der Waals surface area contributed by atoms with Crippen molar-refractivity contribution in [1.29, 1.82) is 0 Å². The van der Waals surface area contributed by atoms with E-state index in [9.17, 15) is 0 Å². The Morgan fingerprint density at radius 3 is 3.00 bits per heavy atom. The standard InChI is InChI=1S/C17H20N6/c1-17(2)10-23(3)9-11-6-13(4-5-14(11)17)20-16-18-7-12-8-19-22-15(12)21-16/h4-8H,9-10H2,1-3H3,(H2,18,19,20,21,22). The summed E-state index contributed by atoms with van der Waals surface area (Å²) >= 11 is 0. The molecule has 0 atom stereocenters. The van der Waals surface area contributed by atoms with Gasteiger partial charge in [-0.15, -0.1) is 0 Å². The molecule has 0 spiro atoms. The fourth-order valence-corrected chi connectivity index (χ4v) is 3.50. The Balaban J connectivity index is 1.66. The zero-order valence-corrected chi connectivity index (χ0v) is 13.6. The van der Waals surface area contributed by atoms with Gasteiger partial charge in [-0.2, -0.15) is 10.1 Å². The van der Waals surface area contributed by atoms with E-state index in [1.54, 1.807) is 12.4 Å². The number of benzene rings is 1. The van der Waals surface area contributed by atoms with Crippen molar-refractivity contribution in [3.63, 3.8) is 0 Å². The van der Waals surface area contributed by atoms with Gasteiger partial charge < -0.3 is 10.2 Å². The van der Waals surface area contributed by atoms with Crippen LogP contribution in [-0.2, 0) is 12.0 Å². The summed E-state index contributed by atoms with van der Waals surface area (Å²) in [6.07, 6.45) is 3.49. The minimum Gasteiger partial charge on any atom is -0.324 e. The van der Waals surface area contributed by atoms with E-state index in [2.05, 4.69) is 69.5 Å². The summed E-state index contributed by atoms with van der Waals surface area (Å²) in [6.45, 7) is 6.63. The Kier molecular flexibility index (Phi) is 3.09. The molecule has 2 aromatic heterocycles. The summed E-state index contributed by atoms with van der Waals surface area (Å²) < 4.78 is 0. The van der Waals surface area contributed by atoms with Crippen molar-refractivity contribution < 1.29 is 0 Å². The molecule has 0 aliphatic carbocycles. The summed E-state index contributed by atoms with van der Waals surface area (Å²) in [7, 11) is 2.17. The summed E-state index contributed by atoms with van der Waals surface area (Å²) in [5.41, 5.74) is 4.70. The number of aromatic amines is 1. The first-order valence-electron chi connectivity index (χ1n) is 7.76. The van der Waals surface area contributed by atoms with Gasteiger partial charge in [-0.3, -0.25) is 5.10 Å². The van der Waals surface area contributed by atoms with Crippen LogP contribution in [-0.4, -0.2) is 38.7 Å². The van der Waals surface area contributed by atoms with Crippen LogP contribution in [0, 0.1) is 0 Å². The molecule has 0 bridgehead atoms. The molecule has 3 heterocycles. The molecule has 6 heteroatoms. The molecule has 0 amide bonds. The van der Waals surface area contributed by atoms with E-state index < -0.39 is 0 Å². The molecule has 0 unspecified atom stereocenters. The second-order valence-corrected chi connectivity index (χ2v) is 6.92. The third-order valence-corrected chi connectivity index (χ3v) is 4.39. The van der Waals surface area contributed by atoms with Gasteiger partial charge in [0.1, 0.15) is 0 Å². The lowest BCUT2D eigenvalue weighted by atomic mass is 9.78. The summed E-state index contributed by atoms with van der Waals surface area (Å²) in [4.78, 5) is 11.1. The normalized spacial score (nSPS) is 17.2. The maximum atomic E-state index is 4.44. The third-order valence-electron chi connectivity index (χ3n) is 4.39. The van der Waals surface area contributed by atoms with Gasteiger partial charge in [-0.1, -0.05) is 19.9 Å².